The van der Waals surface area contributed by atoms with Crippen LogP contribution in [0.4, 0.5) is 0 Å². The highest BCUT2D eigenvalue weighted by molar-refractivity contribution is 9.10. The molecule has 14 heavy (non-hydrogen) atoms. The lowest BCUT2D eigenvalue weighted by molar-refractivity contribution is 0.0911. The maximum absolute atomic E-state index is 11.6. The van der Waals surface area contributed by atoms with Gasteiger partial charge in [-0.15, -0.1) is 0 Å². The molecule has 0 spiro atoms. The quantitative estimate of drug-likeness (QED) is 0.837. The Labute approximate surface area is 90.2 Å². The van der Waals surface area contributed by atoms with Crippen molar-refractivity contribution in [2.45, 2.75) is 12.5 Å². The van der Waals surface area contributed by atoms with Crippen molar-refractivity contribution in [3.8, 4) is 0 Å². The number of furan rings is 1. The summed E-state index contributed by atoms with van der Waals surface area (Å²) in [6.07, 6.45) is 0.980. The largest absolute Gasteiger partial charge is 0.444 e. The lowest BCUT2D eigenvalue weighted by Gasteiger charge is -2.08. The van der Waals surface area contributed by atoms with Crippen molar-refractivity contribution in [2.75, 3.05) is 13.1 Å². The lowest BCUT2D eigenvalue weighted by Crippen LogP contribution is -2.35. The van der Waals surface area contributed by atoms with E-state index in [0.717, 1.165) is 19.5 Å². The van der Waals surface area contributed by atoms with E-state index in [2.05, 4.69) is 26.6 Å². The molecule has 1 saturated heterocycles. The van der Waals surface area contributed by atoms with Gasteiger partial charge in [0.1, 0.15) is 0 Å². The fourth-order valence-electron chi connectivity index (χ4n) is 1.47. The first-order valence-electron chi connectivity index (χ1n) is 4.52. The summed E-state index contributed by atoms with van der Waals surface area (Å²) in [5, 5.41) is 6.07. The minimum atomic E-state index is -0.149. The van der Waals surface area contributed by atoms with Crippen molar-refractivity contribution in [3.05, 3.63) is 22.6 Å². The highest BCUT2D eigenvalue weighted by Crippen LogP contribution is 2.14. The summed E-state index contributed by atoms with van der Waals surface area (Å²) in [5.41, 5.74) is 0. The third kappa shape index (κ3) is 2.16. The van der Waals surface area contributed by atoms with Crippen molar-refractivity contribution >= 4 is 21.8 Å². The molecule has 2 rings (SSSR count). The average Bonchev–Trinajstić information content (AvgIpc) is 2.75. The fraction of sp³-hybridized carbons (Fsp3) is 0.444. The van der Waals surface area contributed by atoms with Gasteiger partial charge in [-0.3, -0.25) is 4.79 Å². The van der Waals surface area contributed by atoms with Crippen molar-refractivity contribution < 1.29 is 9.21 Å². The predicted molar refractivity (Wildman–Crippen MR) is 55.1 cm³/mol. The van der Waals surface area contributed by atoms with E-state index in [1.165, 1.54) is 0 Å². The Balaban J connectivity index is 1.95. The summed E-state index contributed by atoms with van der Waals surface area (Å²) < 4.78 is 5.72. The average molecular weight is 259 g/mol. The highest BCUT2D eigenvalue weighted by Gasteiger charge is 2.19. The van der Waals surface area contributed by atoms with Gasteiger partial charge < -0.3 is 15.1 Å². The van der Waals surface area contributed by atoms with E-state index in [-0.39, 0.29) is 11.9 Å². The molecule has 1 aromatic rings. The van der Waals surface area contributed by atoms with Gasteiger partial charge in [0.05, 0.1) is 0 Å². The van der Waals surface area contributed by atoms with Gasteiger partial charge in [0.2, 0.25) is 0 Å². The number of carbonyl (C=O) groups excluding carboxylic acids is 1. The maximum atomic E-state index is 11.6. The van der Waals surface area contributed by atoms with Crippen LogP contribution in [0.1, 0.15) is 17.0 Å². The van der Waals surface area contributed by atoms with E-state index in [9.17, 15) is 4.79 Å². The predicted octanol–water partition coefficient (Wildman–Crippen LogP) is 1.13. The number of hydrogen-bond donors (Lipinski definition) is 2. The van der Waals surface area contributed by atoms with Crippen molar-refractivity contribution in [3.63, 3.8) is 0 Å². The zero-order chi connectivity index (χ0) is 9.97. The van der Waals surface area contributed by atoms with Crippen LogP contribution in [0.5, 0.6) is 0 Å². The molecule has 2 heterocycles. The molecule has 1 aliphatic heterocycles. The third-order valence-electron chi connectivity index (χ3n) is 2.19. The molecule has 4 nitrogen and oxygen atoms in total. The molecule has 1 fully saturated rings. The first-order chi connectivity index (χ1) is 6.75. The van der Waals surface area contributed by atoms with Crippen LogP contribution in [0.25, 0.3) is 0 Å². The van der Waals surface area contributed by atoms with Crippen LogP contribution in [0, 0.1) is 0 Å². The minimum Gasteiger partial charge on any atom is -0.444 e. The van der Waals surface area contributed by atoms with E-state index in [1.807, 2.05) is 0 Å². The SMILES string of the molecule is O=C(N[C@@H]1CCNC1)c1ccc(Br)o1. The van der Waals surface area contributed by atoms with Crippen molar-refractivity contribution in [2.24, 2.45) is 0 Å². The van der Waals surface area contributed by atoms with Crippen LogP contribution in [0.2, 0.25) is 0 Å². The summed E-state index contributed by atoms with van der Waals surface area (Å²) in [6, 6.07) is 3.59. The molecule has 0 saturated carbocycles. The Morgan fingerprint density at radius 3 is 3.07 bits per heavy atom. The molecule has 0 aliphatic carbocycles. The van der Waals surface area contributed by atoms with Gasteiger partial charge >= 0.3 is 0 Å². The van der Waals surface area contributed by atoms with Gasteiger partial charge in [-0.05, 0) is 41.0 Å². The minimum absolute atomic E-state index is 0.149. The van der Waals surface area contributed by atoms with Gasteiger partial charge in [0.25, 0.3) is 5.91 Å². The van der Waals surface area contributed by atoms with E-state index in [1.54, 1.807) is 12.1 Å². The molecule has 2 N–H and O–H groups in total. The first-order valence-corrected chi connectivity index (χ1v) is 5.32. The molecular formula is C9H11BrN2O2. The van der Waals surface area contributed by atoms with Crippen LogP contribution >= 0.6 is 15.9 Å². The Bertz CT molecular complexity index is 331. The number of rotatable bonds is 2. The smallest absolute Gasteiger partial charge is 0.287 e. The second-order valence-corrected chi connectivity index (χ2v) is 4.05. The number of hydrogen-bond acceptors (Lipinski definition) is 3. The molecule has 1 amide bonds. The third-order valence-corrected chi connectivity index (χ3v) is 2.62. The standard InChI is InChI=1S/C9H11BrN2O2/c10-8-2-1-7(14-8)9(13)12-6-3-4-11-5-6/h1-2,6,11H,3-5H2,(H,12,13)/t6-/m1/s1. The van der Waals surface area contributed by atoms with Crippen LogP contribution in [-0.4, -0.2) is 25.0 Å². The topological polar surface area (TPSA) is 54.3 Å². The first kappa shape index (κ1) is 9.73. The molecule has 0 radical (unpaired) electrons. The maximum Gasteiger partial charge on any atom is 0.287 e. The van der Waals surface area contributed by atoms with Gasteiger partial charge in [-0.2, -0.15) is 0 Å². The molecular weight excluding hydrogens is 248 g/mol. The van der Waals surface area contributed by atoms with Gasteiger partial charge in [0, 0.05) is 12.6 Å². The molecule has 1 aromatic heterocycles. The van der Waals surface area contributed by atoms with E-state index < -0.39 is 0 Å². The number of amides is 1. The molecule has 0 aromatic carbocycles. The van der Waals surface area contributed by atoms with Crippen LogP contribution in [0.3, 0.4) is 0 Å². The monoisotopic (exact) mass is 258 g/mol. The van der Waals surface area contributed by atoms with Gasteiger partial charge in [0.15, 0.2) is 10.4 Å². The van der Waals surface area contributed by atoms with Crippen LogP contribution in [0.15, 0.2) is 21.2 Å². The molecule has 5 heteroatoms. The summed E-state index contributed by atoms with van der Waals surface area (Å²) in [6.45, 7) is 1.81. The van der Waals surface area contributed by atoms with Crippen LogP contribution in [-0.2, 0) is 0 Å². The van der Waals surface area contributed by atoms with Gasteiger partial charge in [-0.1, -0.05) is 0 Å². The molecule has 1 aliphatic rings. The fourth-order valence-corrected chi connectivity index (χ4v) is 1.78. The number of carbonyl (C=O) groups is 1. The summed E-state index contributed by atoms with van der Waals surface area (Å²) >= 11 is 3.15. The zero-order valence-corrected chi connectivity index (χ0v) is 9.13. The van der Waals surface area contributed by atoms with Crippen molar-refractivity contribution in [1.29, 1.82) is 0 Å². The summed E-state index contributed by atoms with van der Waals surface area (Å²) in [7, 11) is 0. The molecule has 0 unspecified atom stereocenters. The van der Waals surface area contributed by atoms with E-state index in [4.69, 9.17) is 4.42 Å². The van der Waals surface area contributed by atoms with E-state index >= 15 is 0 Å². The molecule has 0 bridgehead atoms. The molecule has 76 valence electrons. The zero-order valence-electron chi connectivity index (χ0n) is 7.55. The van der Waals surface area contributed by atoms with Crippen molar-refractivity contribution in [1.82, 2.24) is 10.6 Å². The normalized spacial score (nSPS) is 21.1. The summed E-state index contributed by atoms with van der Waals surface area (Å²) in [5.74, 6) is 0.202. The number of nitrogens with one attached hydrogen (secondary N) is 2. The Kier molecular flexibility index (Phi) is 2.88. The number of halogens is 1. The second-order valence-electron chi connectivity index (χ2n) is 3.27. The van der Waals surface area contributed by atoms with E-state index in [0.29, 0.717) is 10.4 Å². The molecule has 1 atom stereocenters. The highest BCUT2D eigenvalue weighted by atomic mass is 79.9. The van der Waals surface area contributed by atoms with Gasteiger partial charge in [-0.25, -0.2) is 0 Å². The Morgan fingerprint density at radius 2 is 2.50 bits per heavy atom. The van der Waals surface area contributed by atoms with Crippen LogP contribution < -0.4 is 10.6 Å². The second kappa shape index (κ2) is 4.14. The lowest BCUT2D eigenvalue weighted by atomic mass is 10.2. The Morgan fingerprint density at radius 1 is 1.64 bits per heavy atom. The Hall–Kier alpha value is -0.810. The summed E-state index contributed by atoms with van der Waals surface area (Å²) in [4.78, 5) is 11.6.